The maximum absolute atomic E-state index is 13.1. The van der Waals surface area contributed by atoms with Gasteiger partial charge < -0.3 is 15.2 Å². The molecule has 7 nitrogen and oxygen atoms in total. The number of nitrogens with one attached hydrogen (secondary N) is 1. The molecule has 4 rings (SSSR count). The van der Waals surface area contributed by atoms with E-state index in [4.69, 9.17) is 9.72 Å². The van der Waals surface area contributed by atoms with Crippen LogP contribution in [-0.2, 0) is 4.74 Å². The summed E-state index contributed by atoms with van der Waals surface area (Å²) in [5.74, 6) is 0.873. The van der Waals surface area contributed by atoms with Gasteiger partial charge in [0.1, 0.15) is 5.65 Å². The van der Waals surface area contributed by atoms with Gasteiger partial charge in [0.25, 0.3) is 5.56 Å². The number of nitrogens with zero attached hydrogens (tertiary/aromatic N) is 3. The first-order valence-corrected chi connectivity index (χ1v) is 10.4. The van der Waals surface area contributed by atoms with Crippen LogP contribution in [0.2, 0.25) is 0 Å². The second kappa shape index (κ2) is 7.48. The lowest BCUT2D eigenvalue weighted by molar-refractivity contribution is -0.0136. The summed E-state index contributed by atoms with van der Waals surface area (Å²) >= 11 is 3.47. The number of hydrogen-bond donors (Lipinski definition) is 2. The van der Waals surface area contributed by atoms with Gasteiger partial charge in [-0.05, 0) is 53.6 Å². The van der Waals surface area contributed by atoms with Crippen molar-refractivity contribution in [2.45, 2.75) is 57.7 Å². The Labute approximate surface area is 166 Å². The molecule has 4 atom stereocenters. The van der Waals surface area contributed by atoms with Crippen molar-refractivity contribution in [3.63, 3.8) is 0 Å². The zero-order valence-corrected chi connectivity index (χ0v) is 17.2. The predicted octanol–water partition coefficient (Wildman–Crippen LogP) is 2.79. The third-order valence-electron chi connectivity index (χ3n) is 5.93. The van der Waals surface area contributed by atoms with Crippen molar-refractivity contribution in [3.05, 3.63) is 26.6 Å². The second-order valence-corrected chi connectivity index (χ2v) is 8.50. The molecule has 0 bridgehead atoms. The van der Waals surface area contributed by atoms with Crippen LogP contribution in [0.15, 0.2) is 15.5 Å². The Morgan fingerprint density at radius 3 is 2.89 bits per heavy atom. The van der Waals surface area contributed by atoms with E-state index in [0.717, 1.165) is 30.2 Å². The number of rotatable bonds is 3. The molecule has 1 aliphatic heterocycles. The molecule has 2 aromatic heterocycles. The summed E-state index contributed by atoms with van der Waals surface area (Å²) in [5.41, 5.74) is 1.49. The quantitative estimate of drug-likeness (QED) is 0.768. The van der Waals surface area contributed by atoms with Crippen molar-refractivity contribution in [1.29, 1.82) is 0 Å². The highest BCUT2D eigenvalue weighted by molar-refractivity contribution is 9.10. The largest absolute Gasteiger partial charge is 0.389 e. The maximum atomic E-state index is 13.1. The Balaban J connectivity index is 1.81. The number of halogens is 1. The minimum absolute atomic E-state index is 0.0329. The van der Waals surface area contributed by atoms with Gasteiger partial charge in [0.05, 0.1) is 23.2 Å². The SMILES string of the molecule is Cc1c(Br)c(=O)n(C2CCC[C@@H]2C)c2nc(N[C@@H]3CCOC[C@H]3O)ncc12. The van der Waals surface area contributed by atoms with E-state index < -0.39 is 6.10 Å². The number of fused-ring (bicyclic) bond motifs is 1. The minimum Gasteiger partial charge on any atom is -0.389 e. The number of pyridine rings is 1. The molecule has 3 heterocycles. The molecular weight excluding hydrogens is 412 g/mol. The third-order valence-corrected chi connectivity index (χ3v) is 6.86. The Hall–Kier alpha value is -1.51. The Kier molecular flexibility index (Phi) is 5.22. The van der Waals surface area contributed by atoms with E-state index in [2.05, 4.69) is 33.2 Å². The molecule has 2 fully saturated rings. The van der Waals surface area contributed by atoms with Gasteiger partial charge in [-0.15, -0.1) is 0 Å². The van der Waals surface area contributed by atoms with Gasteiger partial charge in [0.15, 0.2) is 0 Å². The monoisotopic (exact) mass is 436 g/mol. The maximum Gasteiger partial charge on any atom is 0.267 e. The number of anilines is 1. The Bertz CT molecular complexity index is 916. The highest BCUT2D eigenvalue weighted by atomic mass is 79.9. The lowest BCUT2D eigenvalue weighted by Crippen LogP contribution is -2.42. The van der Waals surface area contributed by atoms with Gasteiger partial charge in [-0.2, -0.15) is 4.98 Å². The Morgan fingerprint density at radius 2 is 2.19 bits per heavy atom. The number of aliphatic hydroxyl groups excluding tert-OH is 1. The molecule has 0 amide bonds. The molecule has 1 saturated carbocycles. The van der Waals surface area contributed by atoms with Gasteiger partial charge in [-0.1, -0.05) is 13.3 Å². The molecule has 2 N–H and O–H groups in total. The molecular formula is C19H25BrN4O3. The molecule has 1 aliphatic carbocycles. The molecule has 8 heteroatoms. The predicted molar refractivity (Wildman–Crippen MR) is 107 cm³/mol. The van der Waals surface area contributed by atoms with E-state index in [1.54, 1.807) is 6.20 Å². The van der Waals surface area contributed by atoms with Crippen LogP contribution in [0.4, 0.5) is 5.95 Å². The smallest absolute Gasteiger partial charge is 0.267 e. The normalized spacial score (nSPS) is 28.6. The van der Waals surface area contributed by atoms with Gasteiger partial charge >= 0.3 is 0 Å². The Morgan fingerprint density at radius 1 is 1.37 bits per heavy atom. The highest BCUT2D eigenvalue weighted by Gasteiger charge is 2.30. The van der Waals surface area contributed by atoms with Crippen LogP contribution < -0.4 is 10.9 Å². The fourth-order valence-electron chi connectivity index (χ4n) is 4.25. The van der Waals surface area contributed by atoms with Crippen molar-refractivity contribution in [1.82, 2.24) is 14.5 Å². The molecule has 0 aromatic carbocycles. The topological polar surface area (TPSA) is 89.3 Å². The molecule has 0 spiro atoms. The second-order valence-electron chi connectivity index (χ2n) is 7.70. The van der Waals surface area contributed by atoms with Crippen LogP contribution in [0.3, 0.4) is 0 Å². The average molecular weight is 437 g/mol. The number of aliphatic hydroxyl groups is 1. The number of aryl methyl sites for hydroxylation is 1. The summed E-state index contributed by atoms with van der Waals surface area (Å²) in [4.78, 5) is 22.2. The summed E-state index contributed by atoms with van der Waals surface area (Å²) in [7, 11) is 0. The van der Waals surface area contributed by atoms with Gasteiger partial charge in [-0.3, -0.25) is 9.36 Å². The van der Waals surface area contributed by atoms with Crippen LogP contribution in [-0.4, -0.2) is 45.0 Å². The van der Waals surface area contributed by atoms with E-state index in [-0.39, 0.29) is 17.6 Å². The van der Waals surface area contributed by atoms with Crippen molar-refractivity contribution in [2.75, 3.05) is 18.5 Å². The van der Waals surface area contributed by atoms with Crippen LogP contribution in [0.25, 0.3) is 11.0 Å². The van der Waals surface area contributed by atoms with Crippen molar-refractivity contribution >= 4 is 32.9 Å². The summed E-state index contributed by atoms with van der Waals surface area (Å²) in [6.45, 7) is 5.01. The zero-order chi connectivity index (χ0) is 19.1. The molecule has 0 radical (unpaired) electrons. The molecule has 2 aliphatic rings. The lowest BCUT2D eigenvalue weighted by Gasteiger charge is -2.28. The lowest BCUT2D eigenvalue weighted by atomic mass is 10.1. The van der Waals surface area contributed by atoms with Gasteiger partial charge in [-0.25, -0.2) is 4.98 Å². The molecule has 27 heavy (non-hydrogen) atoms. The minimum atomic E-state index is -0.596. The number of aromatic nitrogens is 3. The summed E-state index contributed by atoms with van der Waals surface area (Å²) in [6, 6.07) is -0.00774. The zero-order valence-electron chi connectivity index (χ0n) is 15.6. The number of ether oxygens (including phenoxy) is 1. The third kappa shape index (κ3) is 3.39. The standard InChI is InChI=1S/C19H25BrN4O3/c1-10-4-3-5-14(10)24-17-12(11(2)16(20)18(24)26)8-21-19(23-17)22-13-6-7-27-9-15(13)25/h8,10,13-15,25H,3-7,9H2,1-2H3,(H,21,22,23)/t10-,13+,14?,15+/m0/s1. The van der Waals surface area contributed by atoms with Gasteiger partial charge in [0.2, 0.25) is 5.95 Å². The first-order valence-electron chi connectivity index (χ1n) is 9.57. The van der Waals surface area contributed by atoms with Crippen molar-refractivity contribution in [3.8, 4) is 0 Å². The van der Waals surface area contributed by atoms with Crippen molar-refractivity contribution < 1.29 is 9.84 Å². The summed E-state index contributed by atoms with van der Waals surface area (Å²) in [6.07, 6.45) is 5.09. The van der Waals surface area contributed by atoms with Crippen LogP contribution in [0, 0.1) is 12.8 Å². The average Bonchev–Trinajstić information content (AvgIpc) is 3.08. The molecule has 146 valence electrons. The van der Waals surface area contributed by atoms with E-state index in [1.807, 2.05) is 11.5 Å². The van der Waals surface area contributed by atoms with Crippen LogP contribution >= 0.6 is 15.9 Å². The summed E-state index contributed by atoms with van der Waals surface area (Å²) < 4.78 is 7.71. The van der Waals surface area contributed by atoms with Crippen molar-refractivity contribution in [2.24, 2.45) is 5.92 Å². The molecule has 1 unspecified atom stereocenters. The van der Waals surface area contributed by atoms with Gasteiger partial charge in [0, 0.05) is 24.2 Å². The number of hydrogen-bond acceptors (Lipinski definition) is 6. The molecule has 1 saturated heterocycles. The van der Waals surface area contributed by atoms with E-state index in [9.17, 15) is 9.90 Å². The summed E-state index contributed by atoms with van der Waals surface area (Å²) in [5, 5.41) is 14.2. The van der Waals surface area contributed by atoms with E-state index in [0.29, 0.717) is 41.6 Å². The van der Waals surface area contributed by atoms with E-state index in [1.165, 1.54) is 0 Å². The van der Waals surface area contributed by atoms with Crippen LogP contribution in [0.1, 0.15) is 44.2 Å². The fraction of sp³-hybridized carbons (Fsp3) is 0.632. The highest BCUT2D eigenvalue weighted by Crippen LogP contribution is 2.37. The van der Waals surface area contributed by atoms with Crippen LogP contribution in [0.5, 0.6) is 0 Å². The molecule has 2 aromatic rings. The first-order chi connectivity index (χ1) is 13.0. The fourth-order valence-corrected chi connectivity index (χ4v) is 4.65. The van der Waals surface area contributed by atoms with E-state index >= 15 is 0 Å². The first kappa shape index (κ1) is 18.8.